The first-order valence-electron chi connectivity index (χ1n) is 6.56. The number of phenols is 1. The van der Waals surface area contributed by atoms with Gasteiger partial charge >= 0.3 is 16.2 Å². The monoisotopic (exact) mass is 338 g/mol. The summed E-state index contributed by atoms with van der Waals surface area (Å²) in [5.74, 6) is 3.80. The molecule has 0 saturated heterocycles. The highest BCUT2D eigenvalue weighted by Gasteiger charge is 2.30. The molecule has 0 unspecified atom stereocenters. The first kappa shape index (κ1) is 16.5. The average molecular weight is 338 g/mol. The number of nitrogens with zero attached hydrogens (tertiary/aromatic N) is 1. The van der Waals surface area contributed by atoms with Gasteiger partial charge in [-0.2, -0.15) is 8.42 Å². The fourth-order valence-electron chi connectivity index (χ4n) is 1.86. The number of aliphatic hydroxyl groups is 1. The summed E-state index contributed by atoms with van der Waals surface area (Å²) in [5.41, 5.74) is 0.391. The van der Waals surface area contributed by atoms with Crippen LogP contribution in [0, 0.1) is 11.8 Å². The van der Waals surface area contributed by atoms with Gasteiger partial charge in [-0.05, 0) is 24.6 Å². The number of hydrogen-bond donors (Lipinski definition) is 4. The van der Waals surface area contributed by atoms with Crippen molar-refractivity contribution >= 4 is 21.9 Å². The molecule has 0 spiro atoms. The normalized spacial score (nSPS) is 15.3. The molecule has 0 aliphatic carbocycles. The second-order valence-corrected chi connectivity index (χ2v) is 6.22. The van der Waals surface area contributed by atoms with Crippen LogP contribution >= 0.6 is 0 Å². The van der Waals surface area contributed by atoms with Crippen molar-refractivity contribution < 1.29 is 28.5 Å². The second kappa shape index (κ2) is 6.50. The SMILES string of the molecule is O=C(O)CCCC#Cc1ccc(O)c(N2C=C(O)NS2(=O)=O)c1. The van der Waals surface area contributed by atoms with Gasteiger partial charge in [0.1, 0.15) is 11.4 Å². The van der Waals surface area contributed by atoms with E-state index in [0.29, 0.717) is 22.7 Å². The van der Waals surface area contributed by atoms with E-state index in [-0.39, 0.29) is 17.9 Å². The molecule has 0 saturated carbocycles. The van der Waals surface area contributed by atoms with Crippen molar-refractivity contribution in [2.24, 2.45) is 0 Å². The van der Waals surface area contributed by atoms with Gasteiger partial charge in [0, 0.05) is 18.4 Å². The Kier molecular flexibility index (Phi) is 4.66. The van der Waals surface area contributed by atoms with Crippen LogP contribution in [-0.2, 0) is 15.0 Å². The number of aliphatic carboxylic acids is 1. The van der Waals surface area contributed by atoms with Crippen LogP contribution in [0.3, 0.4) is 0 Å². The molecular weight excluding hydrogens is 324 g/mol. The number of aliphatic hydroxyl groups excluding tert-OH is 1. The van der Waals surface area contributed by atoms with Crippen molar-refractivity contribution in [3.8, 4) is 17.6 Å². The van der Waals surface area contributed by atoms with Crippen LogP contribution in [0.5, 0.6) is 5.75 Å². The van der Waals surface area contributed by atoms with E-state index in [9.17, 15) is 23.4 Å². The molecule has 8 nitrogen and oxygen atoms in total. The number of carboxylic acid groups (broad SMARTS) is 1. The number of nitrogens with one attached hydrogen (secondary N) is 1. The largest absolute Gasteiger partial charge is 0.506 e. The molecular formula is C14H14N2O6S. The minimum atomic E-state index is -4.00. The third-order valence-corrected chi connectivity index (χ3v) is 4.16. The number of carbonyl (C=O) groups is 1. The van der Waals surface area contributed by atoms with Crippen LogP contribution in [0.2, 0.25) is 0 Å². The van der Waals surface area contributed by atoms with Gasteiger partial charge < -0.3 is 15.3 Å². The number of unbranched alkanes of at least 4 members (excludes halogenated alkanes) is 1. The molecule has 122 valence electrons. The summed E-state index contributed by atoms with van der Waals surface area (Å²) in [5, 5.41) is 27.6. The number of phenolic OH excluding ortho intramolecular Hbond substituents is 1. The molecule has 0 fully saturated rings. The van der Waals surface area contributed by atoms with Crippen LogP contribution in [0.4, 0.5) is 5.69 Å². The van der Waals surface area contributed by atoms with Crippen LogP contribution in [-0.4, -0.2) is 29.7 Å². The molecule has 23 heavy (non-hydrogen) atoms. The lowest BCUT2D eigenvalue weighted by molar-refractivity contribution is -0.137. The quantitative estimate of drug-likeness (QED) is 0.479. The summed E-state index contributed by atoms with van der Waals surface area (Å²) in [7, 11) is -4.00. The second-order valence-electron chi connectivity index (χ2n) is 4.67. The highest BCUT2D eigenvalue weighted by Crippen LogP contribution is 2.32. The van der Waals surface area contributed by atoms with Crippen molar-refractivity contribution in [2.45, 2.75) is 19.3 Å². The van der Waals surface area contributed by atoms with E-state index in [2.05, 4.69) is 11.8 Å². The van der Waals surface area contributed by atoms with Gasteiger partial charge in [0.05, 0.1) is 6.20 Å². The van der Waals surface area contributed by atoms with E-state index in [4.69, 9.17) is 5.11 Å². The lowest BCUT2D eigenvalue weighted by Gasteiger charge is -2.15. The lowest BCUT2D eigenvalue weighted by Crippen LogP contribution is -2.29. The molecule has 1 aromatic carbocycles. The van der Waals surface area contributed by atoms with E-state index >= 15 is 0 Å². The van der Waals surface area contributed by atoms with Gasteiger partial charge in [0.15, 0.2) is 0 Å². The van der Waals surface area contributed by atoms with Crippen molar-refractivity contribution in [2.75, 3.05) is 4.31 Å². The standard InChI is InChI=1S/C14H14N2O6S/c17-12-7-6-10(4-2-1-3-5-14(19)20)8-11(12)16-9-13(18)15-23(16,21)22/h6-9,15,17-18H,1,3,5H2,(H,19,20). The Bertz CT molecular complexity index is 819. The van der Waals surface area contributed by atoms with Gasteiger partial charge in [0.25, 0.3) is 0 Å². The van der Waals surface area contributed by atoms with E-state index in [1.165, 1.54) is 18.2 Å². The summed E-state index contributed by atoms with van der Waals surface area (Å²) >= 11 is 0. The molecule has 0 atom stereocenters. The van der Waals surface area contributed by atoms with Gasteiger partial charge in [-0.25, -0.2) is 9.03 Å². The van der Waals surface area contributed by atoms with Gasteiger partial charge in [0.2, 0.25) is 5.88 Å². The zero-order valence-electron chi connectivity index (χ0n) is 11.9. The molecule has 0 aromatic heterocycles. The molecule has 1 aliphatic rings. The predicted molar refractivity (Wildman–Crippen MR) is 81.7 cm³/mol. The topological polar surface area (TPSA) is 127 Å². The van der Waals surface area contributed by atoms with E-state index < -0.39 is 22.1 Å². The Morgan fingerprint density at radius 3 is 2.65 bits per heavy atom. The summed E-state index contributed by atoms with van der Waals surface area (Å²) in [6.07, 6.45) is 1.74. The highest BCUT2D eigenvalue weighted by atomic mass is 32.2. The van der Waals surface area contributed by atoms with E-state index in [0.717, 1.165) is 6.20 Å². The maximum absolute atomic E-state index is 11.8. The Hall–Kier alpha value is -2.86. The van der Waals surface area contributed by atoms with Crippen molar-refractivity contribution in [1.82, 2.24) is 4.72 Å². The van der Waals surface area contributed by atoms with Gasteiger partial charge in [-0.15, -0.1) is 0 Å². The van der Waals surface area contributed by atoms with Crippen molar-refractivity contribution in [3.05, 3.63) is 35.8 Å². The Labute approximate surface area is 132 Å². The Morgan fingerprint density at radius 2 is 2.04 bits per heavy atom. The number of carboxylic acids is 1. The third kappa shape index (κ3) is 4.08. The minimum absolute atomic E-state index is 0.0251. The Balaban J connectivity index is 2.20. The van der Waals surface area contributed by atoms with Crippen LogP contribution in [0.1, 0.15) is 24.8 Å². The summed E-state index contributed by atoms with van der Waals surface area (Å²) in [6, 6.07) is 4.14. The third-order valence-electron chi connectivity index (χ3n) is 2.87. The maximum Gasteiger partial charge on any atom is 0.330 e. The molecule has 2 rings (SSSR count). The molecule has 9 heteroatoms. The first-order valence-corrected chi connectivity index (χ1v) is 8.00. The number of rotatable bonds is 4. The molecule has 1 aliphatic heterocycles. The molecule has 0 bridgehead atoms. The number of hydrogen-bond acceptors (Lipinski definition) is 5. The minimum Gasteiger partial charge on any atom is -0.506 e. The maximum atomic E-state index is 11.8. The number of anilines is 1. The number of benzene rings is 1. The average Bonchev–Trinajstić information content (AvgIpc) is 2.72. The fraction of sp³-hybridized carbons (Fsp3) is 0.214. The number of aromatic hydroxyl groups is 1. The smallest absolute Gasteiger partial charge is 0.330 e. The van der Waals surface area contributed by atoms with E-state index in [1.54, 1.807) is 0 Å². The first-order chi connectivity index (χ1) is 10.8. The lowest BCUT2D eigenvalue weighted by atomic mass is 10.1. The van der Waals surface area contributed by atoms with E-state index in [1.807, 2.05) is 4.72 Å². The Morgan fingerprint density at radius 1 is 1.30 bits per heavy atom. The van der Waals surface area contributed by atoms with Crippen molar-refractivity contribution in [3.63, 3.8) is 0 Å². The molecule has 1 aromatic rings. The molecule has 1 heterocycles. The summed E-state index contributed by atoms with van der Waals surface area (Å²) < 4.78 is 26.2. The summed E-state index contributed by atoms with van der Waals surface area (Å²) in [6.45, 7) is 0. The van der Waals surface area contributed by atoms with Crippen LogP contribution in [0.15, 0.2) is 30.3 Å². The predicted octanol–water partition coefficient (Wildman–Crippen LogP) is 1.01. The molecule has 0 amide bonds. The summed E-state index contributed by atoms with van der Waals surface area (Å²) in [4.78, 5) is 10.4. The highest BCUT2D eigenvalue weighted by molar-refractivity contribution is 7.91. The van der Waals surface area contributed by atoms with Crippen molar-refractivity contribution in [1.29, 1.82) is 0 Å². The van der Waals surface area contributed by atoms with Gasteiger partial charge in [-0.1, -0.05) is 11.8 Å². The zero-order valence-corrected chi connectivity index (χ0v) is 12.7. The zero-order chi connectivity index (χ0) is 17.0. The van der Waals surface area contributed by atoms with Crippen LogP contribution < -0.4 is 9.03 Å². The van der Waals surface area contributed by atoms with Gasteiger partial charge in [-0.3, -0.25) is 4.79 Å². The molecule has 4 N–H and O–H groups in total. The fourth-order valence-corrected chi connectivity index (χ4v) is 2.92. The van der Waals surface area contributed by atoms with Crippen LogP contribution in [0.25, 0.3) is 0 Å². The molecule has 0 radical (unpaired) electrons.